The van der Waals surface area contributed by atoms with E-state index in [4.69, 9.17) is 14.2 Å². The zero-order valence-corrected chi connectivity index (χ0v) is 16.7. The van der Waals surface area contributed by atoms with E-state index in [9.17, 15) is 14.4 Å². The van der Waals surface area contributed by atoms with E-state index in [1.54, 1.807) is 39.2 Å². The molecule has 28 heavy (non-hydrogen) atoms. The van der Waals surface area contributed by atoms with Gasteiger partial charge in [0.1, 0.15) is 0 Å². The van der Waals surface area contributed by atoms with Crippen molar-refractivity contribution in [2.24, 2.45) is 0 Å². The lowest BCUT2D eigenvalue weighted by Gasteiger charge is -2.33. The molecule has 0 bridgehead atoms. The van der Waals surface area contributed by atoms with E-state index in [0.717, 1.165) is 5.56 Å². The standard InChI is InChI=1S/C19H27N3O6/c1-5-28-19(25)22-10-8-21(9-11-22)18(24)17(23)20-13(2)14-6-7-15(26-3)16(12-14)27-4/h6-7,12-13H,5,8-11H2,1-4H3,(H,20,23). The first kappa shape index (κ1) is 21.3. The number of ether oxygens (including phenoxy) is 3. The van der Waals surface area contributed by atoms with Gasteiger partial charge in [-0.1, -0.05) is 6.07 Å². The summed E-state index contributed by atoms with van der Waals surface area (Å²) in [6.07, 6.45) is -0.402. The SMILES string of the molecule is CCOC(=O)N1CCN(C(=O)C(=O)NC(C)c2ccc(OC)c(OC)c2)CC1. The number of nitrogens with one attached hydrogen (secondary N) is 1. The van der Waals surface area contributed by atoms with Gasteiger partial charge < -0.3 is 29.3 Å². The molecule has 9 heteroatoms. The number of benzene rings is 1. The molecular weight excluding hydrogens is 366 g/mol. The Labute approximate surface area is 164 Å². The number of piperazine rings is 1. The first-order valence-electron chi connectivity index (χ1n) is 9.14. The van der Waals surface area contributed by atoms with Gasteiger partial charge in [-0.3, -0.25) is 9.59 Å². The van der Waals surface area contributed by atoms with Crippen molar-refractivity contribution in [2.45, 2.75) is 19.9 Å². The minimum Gasteiger partial charge on any atom is -0.493 e. The summed E-state index contributed by atoms with van der Waals surface area (Å²) in [4.78, 5) is 39.5. The molecule has 1 heterocycles. The van der Waals surface area contributed by atoms with Crippen molar-refractivity contribution in [2.75, 3.05) is 47.0 Å². The van der Waals surface area contributed by atoms with Crippen LogP contribution in [0, 0.1) is 0 Å². The van der Waals surface area contributed by atoms with E-state index < -0.39 is 23.9 Å². The topological polar surface area (TPSA) is 97.4 Å². The van der Waals surface area contributed by atoms with E-state index >= 15 is 0 Å². The first-order valence-corrected chi connectivity index (χ1v) is 9.14. The second-order valence-electron chi connectivity index (χ2n) is 6.29. The maximum absolute atomic E-state index is 12.4. The van der Waals surface area contributed by atoms with Crippen molar-refractivity contribution in [3.63, 3.8) is 0 Å². The molecule has 0 spiro atoms. The van der Waals surface area contributed by atoms with E-state index in [0.29, 0.717) is 31.2 Å². The third-order valence-corrected chi connectivity index (χ3v) is 4.54. The lowest BCUT2D eigenvalue weighted by Crippen LogP contribution is -2.54. The van der Waals surface area contributed by atoms with Crippen molar-refractivity contribution in [3.8, 4) is 11.5 Å². The number of nitrogens with zero attached hydrogens (tertiary/aromatic N) is 2. The van der Waals surface area contributed by atoms with Crippen LogP contribution in [-0.2, 0) is 14.3 Å². The summed E-state index contributed by atoms with van der Waals surface area (Å²) in [5.74, 6) is -0.175. The summed E-state index contributed by atoms with van der Waals surface area (Å²) in [5.41, 5.74) is 0.783. The van der Waals surface area contributed by atoms with Gasteiger partial charge in [-0.2, -0.15) is 0 Å². The molecule has 0 aromatic heterocycles. The third kappa shape index (κ3) is 5.05. The van der Waals surface area contributed by atoms with Gasteiger partial charge in [0.2, 0.25) is 0 Å². The van der Waals surface area contributed by atoms with E-state index in [2.05, 4.69) is 5.32 Å². The molecule has 2 rings (SSSR count). The molecular formula is C19H27N3O6. The fourth-order valence-corrected chi connectivity index (χ4v) is 2.91. The predicted octanol–water partition coefficient (Wildman–Crippen LogP) is 1.18. The zero-order chi connectivity index (χ0) is 20.7. The smallest absolute Gasteiger partial charge is 0.409 e. The number of hydrogen-bond acceptors (Lipinski definition) is 6. The van der Waals surface area contributed by atoms with Crippen molar-refractivity contribution >= 4 is 17.9 Å². The van der Waals surface area contributed by atoms with Crippen LogP contribution in [0.1, 0.15) is 25.5 Å². The molecule has 1 aliphatic heterocycles. The van der Waals surface area contributed by atoms with Gasteiger partial charge in [-0.25, -0.2) is 4.79 Å². The number of carbonyl (C=O) groups is 3. The molecule has 0 saturated carbocycles. The molecule has 0 radical (unpaired) electrons. The zero-order valence-electron chi connectivity index (χ0n) is 16.7. The van der Waals surface area contributed by atoms with E-state index in [1.807, 2.05) is 0 Å². The Morgan fingerprint density at radius 2 is 1.64 bits per heavy atom. The fourth-order valence-electron chi connectivity index (χ4n) is 2.91. The van der Waals surface area contributed by atoms with Crippen molar-refractivity contribution in [1.29, 1.82) is 0 Å². The highest BCUT2D eigenvalue weighted by Gasteiger charge is 2.29. The second kappa shape index (κ2) is 9.82. The van der Waals surface area contributed by atoms with Crippen LogP contribution in [0.4, 0.5) is 4.79 Å². The molecule has 1 aromatic rings. The average Bonchev–Trinajstić information content (AvgIpc) is 2.72. The van der Waals surface area contributed by atoms with Crippen LogP contribution in [0.2, 0.25) is 0 Å². The highest BCUT2D eigenvalue weighted by molar-refractivity contribution is 6.35. The second-order valence-corrected chi connectivity index (χ2v) is 6.29. The minimum atomic E-state index is -0.688. The van der Waals surface area contributed by atoms with Crippen LogP contribution in [0.15, 0.2) is 18.2 Å². The maximum atomic E-state index is 12.4. The number of carbonyl (C=O) groups excluding carboxylic acids is 3. The molecule has 1 N–H and O–H groups in total. The van der Waals surface area contributed by atoms with Gasteiger partial charge in [-0.05, 0) is 31.5 Å². The average molecular weight is 393 g/mol. The highest BCUT2D eigenvalue weighted by atomic mass is 16.6. The normalized spacial score (nSPS) is 14.9. The van der Waals surface area contributed by atoms with Crippen molar-refractivity contribution < 1.29 is 28.6 Å². The molecule has 1 aromatic carbocycles. The predicted molar refractivity (Wildman–Crippen MR) is 101 cm³/mol. The van der Waals surface area contributed by atoms with Gasteiger partial charge in [0, 0.05) is 26.2 Å². The largest absolute Gasteiger partial charge is 0.493 e. The summed E-state index contributed by atoms with van der Waals surface area (Å²) >= 11 is 0. The van der Waals surface area contributed by atoms with Gasteiger partial charge >= 0.3 is 17.9 Å². The summed E-state index contributed by atoms with van der Waals surface area (Å²) in [5, 5.41) is 2.70. The lowest BCUT2D eigenvalue weighted by molar-refractivity contribution is -0.147. The Bertz CT molecular complexity index is 716. The molecule has 9 nitrogen and oxygen atoms in total. The molecule has 154 valence electrons. The Hall–Kier alpha value is -2.97. The van der Waals surface area contributed by atoms with Crippen LogP contribution in [0.5, 0.6) is 11.5 Å². The molecule has 3 amide bonds. The van der Waals surface area contributed by atoms with Crippen LogP contribution < -0.4 is 14.8 Å². The van der Waals surface area contributed by atoms with Gasteiger partial charge in [-0.15, -0.1) is 0 Å². The Kier molecular flexibility index (Phi) is 7.48. The van der Waals surface area contributed by atoms with E-state index in [-0.39, 0.29) is 13.1 Å². The van der Waals surface area contributed by atoms with E-state index in [1.165, 1.54) is 16.9 Å². The highest BCUT2D eigenvalue weighted by Crippen LogP contribution is 2.29. The third-order valence-electron chi connectivity index (χ3n) is 4.54. The number of amides is 3. The molecule has 0 aliphatic carbocycles. The molecule has 1 atom stereocenters. The van der Waals surface area contributed by atoms with Gasteiger partial charge in [0.05, 0.1) is 26.9 Å². The first-order chi connectivity index (χ1) is 13.4. The summed E-state index contributed by atoms with van der Waals surface area (Å²) in [6, 6.07) is 4.91. The summed E-state index contributed by atoms with van der Waals surface area (Å²) in [6.45, 7) is 5.07. The van der Waals surface area contributed by atoms with Crippen LogP contribution in [0.3, 0.4) is 0 Å². The summed E-state index contributed by atoms with van der Waals surface area (Å²) in [7, 11) is 3.08. The van der Waals surface area contributed by atoms with Crippen LogP contribution in [-0.4, -0.2) is 74.7 Å². The van der Waals surface area contributed by atoms with Crippen molar-refractivity contribution in [1.82, 2.24) is 15.1 Å². The maximum Gasteiger partial charge on any atom is 0.409 e. The fraction of sp³-hybridized carbons (Fsp3) is 0.526. The van der Waals surface area contributed by atoms with Crippen LogP contribution in [0.25, 0.3) is 0 Å². The number of hydrogen-bond donors (Lipinski definition) is 1. The molecule has 1 unspecified atom stereocenters. The van der Waals surface area contributed by atoms with Gasteiger partial charge in [0.25, 0.3) is 0 Å². The number of rotatable bonds is 5. The molecule has 1 aliphatic rings. The Morgan fingerprint density at radius 3 is 2.21 bits per heavy atom. The van der Waals surface area contributed by atoms with Crippen molar-refractivity contribution in [3.05, 3.63) is 23.8 Å². The summed E-state index contributed by atoms with van der Waals surface area (Å²) < 4.78 is 15.4. The monoisotopic (exact) mass is 393 g/mol. The minimum absolute atomic E-state index is 0.288. The van der Waals surface area contributed by atoms with Crippen LogP contribution >= 0.6 is 0 Å². The molecule has 1 fully saturated rings. The lowest BCUT2D eigenvalue weighted by atomic mass is 10.1. The number of methoxy groups -OCH3 is 2. The quantitative estimate of drug-likeness (QED) is 0.755. The Morgan fingerprint density at radius 1 is 1.04 bits per heavy atom. The van der Waals surface area contributed by atoms with Gasteiger partial charge in [0.15, 0.2) is 11.5 Å². The Balaban J connectivity index is 1.92. The molecule has 1 saturated heterocycles.